The number of ether oxygens (including phenoxy) is 1. The van der Waals surface area contributed by atoms with E-state index in [0.717, 1.165) is 28.6 Å². The average molecular weight is 353 g/mol. The number of aryl methyl sites for hydroxylation is 1. The third-order valence-electron chi connectivity index (χ3n) is 3.89. The zero-order chi connectivity index (χ0) is 17.8. The van der Waals surface area contributed by atoms with Gasteiger partial charge in [0.05, 0.1) is 4.91 Å². The van der Waals surface area contributed by atoms with Crippen LogP contribution in [0.15, 0.2) is 53.4 Å². The first-order valence-corrected chi connectivity index (χ1v) is 8.92. The number of carbonyl (C=O) groups is 2. The molecule has 2 amide bonds. The molecule has 4 nitrogen and oxygen atoms in total. The molecule has 1 saturated heterocycles. The molecule has 0 aromatic heterocycles. The summed E-state index contributed by atoms with van der Waals surface area (Å²) in [5, 5.41) is -0.211. The summed E-state index contributed by atoms with van der Waals surface area (Å²) in [4.78, 5) is 25.5. The van der Waals surface area contributed by atoms with Gasteiger partial charge in [0.15, 0.2) is 0 Å². The Balaban J connectivity index is 1.64. The highest BCUT2D eigenvalue weighted by Crippen LogP contribution is 2.32. The van der Waals surface area contributed by atoms with Crippen LogP contribution < -0.4 is 4.74 Å². The maximum absolute atomic E-state index is 12.1. The summed E-state index contributed by atoms with van der Waals surface area (Å²) in [6, 6.07) is 15.7. The van der Waals surface area contributed by atoms with Crippen molar-refractivity contribution in [3.8, 4) is 5.75 Å². The minimum Gasteiger partial charge on any atom is -0.489 e. The summed E-state index contributed by atoms with van der Waals surface area (Å²) in [7, 11) is 0. The number of hydrogen-bond donors (Lipinski definition) is 0. The summed E-state index contributed by atoms with van der Waals surface area (Å²) >= 11 is 0.981. The Kier molecular flexibility index (Phi) is 5.24. The van der Waals surface area contributed by atoms with Crippen LogP contribution in [0.1, 0.15) is 23.6 Å². The zero-order valence-electron chi connectivity index (χ0n) is 14.2. The molecule has 0 radical (unpaired) electrons. The van der Waals surface area contributed by atoms with Crippen LogP contribution >= 0.6 is 11.8 Å². The SMILES string of the molecule is CCN1C(=O)S/C(=C/c2ccc(OCc3ccc(C)cc3)cc2)C1=O. The van der Waals surface area contributed by atoms with Crippen molar-refractivity contribution in [2.45, 2.75) is 20.5 Å². The molecule has 0 aliphatic carbocycles. The summed E-state index contributed by atoms with van der Waals surface area (Å²) in [6.07, 6.45) is 1.74. The second kappa shape index (κ2) is 7.57. The number of amides is 2. The fraction of sp³-hybridized carbons (Fsp3) is 0.200. The van der Waals surface area contributed by atoms with Gasteiger partial charge in [-0.2, -0.15) is 0 Å². The van der Waals surface area contributed by atoms with E-state index in [2.05, 4.69) is 19.1 Å². The molecule has 1 aliphatic rings. The first-order valence-electron chi connectivity index (χ1n) is 8.10. The second-order valence-electron chi connectivity index (χ2n) is 5.77. The molecular formula is C20H19NO3S. The lowest BCUT2D eigenvalue weighted by Crippen LogP contribution is -2.27. The van der Waals surface area contributed by atoms with E-state index >= 15 is 0 Å². The normalized spacial score (nSPS) is 15.9. The van der Waals surface area contributed by atoms with E-state index in [9.17, 15) is 9.59 Å². The van der Waals surface area contributed by atoms with Crippen molar-refractivity contribution in [1.29, 1.82) is 0 Å². The van der Waals surface area contributed by atoms with Gasteiger partial charge in [-0.25, -0.2) is 0 Å². The summed E-state index contributed by atoms with van der Waals surface area (Å²) in [5.74, 6) is 0.539. The smallest absolute Gasteiger partial charge is 0.293 e. The average Bonchev–Trinajstić information content (AvgIpc) is 2.88. The van der Waals surface area contributed by atoms with E-state index in [1.165, 1.54) is 10.5 Å². The van der Waals surface area contributed by atoms with Crippen molar-refractivity contribution < 1.29 is 14.3 Å². The molecule has 3 rings (SSSR count). The number of carbonyl (C=O) groups excluding carboxylic acids is 2. The van der Waals surface area contributed by atoms with Crippen molar-refractivity contribution in [2.75, 3.05) is 6.54 Å². The first-order chi connectivity index (χ1) is 12.1. The number of imide groups is 1. The summed E-state index contributed by atoms with van der Waals surface area (Å²) < 4.78 is 5.77. The molecule has 0 N–H and O–H groups in total. The van der Waals surface area contributed by atoms with Gasteiger partial charge in [-0.05, 0) is 54.9 Å². The fourth-order valence-corrected chi connectivity index (χ4v) is 3.34. The Labute approximate surface area is 151 Å². The zero-order valence-corrected chi connectivity index (χ0v) is 15.0. The Hall–Kier alpha value is -2.53. The molecular weight excluding hydrogens is 334 g/mol. The van der Waals surface area contributed by atoms with Gasteiger partial charge in [0.2, 0.25) is 0 Å². The quantitative estimate of drug-likeness (QED) is 0.735. The maximum atomic E-state index is 12.1. The van der Waals surface area contributed by atoms with Crippen LogP contribution in [-0.2, 0) is 11.4 Å². The number of hydrogen-bond acceptors (Lipinski definition) is 4. The second-order valence-corrected chi connectivity index (χ2v) is 6.76. The molecule has 0 atom stereocenters. The summed E-state index contributed by atoms with van der Waals surface area (Å²) in [5.41, 5.74) is 3.20. The fourth-order valence-electron chi connectivity index (χ4n) is 2.44. The number of thioether (sulfide) groups is 1. The van der Waals surface area contributed by atoms with Gasteiger partial charge in [-0.1, -0.05) is 42.0 Å². The topological polar surface area (TPSA) is 46.6 Å². The van der Waals surface area contributed by atoms with E-state index in [1.807, 2.05) is 36.4 Å². The van der Waals surface area contributed by atoms with E-state index in [4.69, 9.17) is 4.74 Å². The Morgan fingerprint density at radius 1 is 1.04 bits per heavy atom. The Morgan fingerprint density at radius 3 is 2.32 bits per heavy atom. The Bertz CT molecular complexity index is 810. The molecule has 1 fully saturated rings. The maximum Gasteiger partial charge on any atom is 0.293 e. The van der Waals surface area contributed by atoms with Crippen molar-refractivity contribution in [2.24, 2.45) is 0 Å². The lowest BCUT2D eigenvalue weighted by molar-refractivity contribution is -0.122. The van der Waals surface area contributed by atoms with Gasteiger partial charge in [0, 0.05) is 6.54 Å². The largest absolute Gasteiger partial charge is 0.489 e. The van der Waals surface area contributed by atoms with Crippen molar-refractivity contribution >= 4 is 29.0 Å². The molecule has 2 aromatic carbocycles. The van der Waals surface area contributed by atoms with Crippen LogP contribution in [0.5, 0.6) is 5.75 Å². The predicted molar refractivity (Wildman–Crippen MR) is 100 cm³/mol. The molecule has 1 heterocycles. The van der Waals surface area contributed by atoms with Gasteiger partial charge in [-0.3, -0.25) is 14.5 Å². The van der Waals surface area contributed by atoms with Gasteiger partial charge in [-0.15, -0.1) is 0 Å². The minimum absolute atomic E-state index is 0.211. The van der Waals surface area contributed by atoms with Crippen LogP contribution in [0.25, 0.3) is 6.08 Å². The van der Waals surface area contributed by atoms with E-state index in [-0.39, 0.29) is 11.1 Å². The van der Waals surface area contributed by atoms with Gasteiger partial charge < -0.3 is 4.74 Å². The molecule has 25 heavy (non-hydrogen) atoms. The van der Waals surface area contributed by atoms with Gasteiger partial charge in [0.25, 0.3) is 11.1 Å². The third kappa shape index (κ3) is 4.12. The van der Waals surface area contributed by atoms with Crippen molar-refractivity contribution in [3.63, 3.8) is 0 Å². The van der Waals surface area contributed by atoms with E-state index < -0.39 is 0 Å². The van der Waals surface area contributed by atoms with Crippen molar-refractivity contribution in [3.05, 3.63) is 70.1 Å². The molecule has 0 bridgehead atoms. The van der Waals surface area contributed by atoms with Crippen LogP contribution in [0.2, 0.25) is 0 Å². The number of benzene rings is 2. The lowest BCUT2D eigenvalue weighted by Gasteiger charge is -2.07. The molecule has 0 unspecified atom stereocenters. The predicted octanol–water partition coefficient (Wildman–Crippen LogP) is 4.63. The molecule has 1 aliphatic heterocycles. The monoisotopic (exact) mass is 353 g/mol. The van der Waals surface area contributed by atoms with Gasteiger partial charge in [0.1, 0.15) is 12.4 Å². The Morgan fingerprint density at radius 2 is 1.72 bits per heavy atom. The highest BCUT2D eigenvalue weighted by atomic mass is 32.2. The molecule has 2 aromatic rings. The van der Waals surface area contributed by atoms with Crippen LogP contribution in [-0.4, -0.2) is 22.6 Å². The van der Waals surface area contributed by atoms with Crippen LogP contribution in [0.3, 0.4) is 0 Å². The lowest BCUT2D eigenvalue weighted by atomic mass is 10.1. The number of rotatable bonds is 5. The highest BCUT2D eigenvalue weighted by Gasteiger charge is 2.33. The van der Waals surface area contributed by atoms with Gasteiger partial charge >= 0.3 is 0 Å². The van der Waals surface area contributed by atoms with Crippen LogP contribution in [0, 0.1) is 6.92 Å². The molecule has 0 spiro atoms. The molecule has 5 heteroatoms. The van der Waals surface area contributed by atoms with E-state index in [0.29, 0.717) is 18.1 Å². The minimum atomic E-state index is -0.225. The molecule has 128 valence electrons. The standard InChI is InChI=1S/C20H19NO3S/c1-3-21-19(22)18(25-20(21)23)12-15-8-10-17(11-9-15)24-13-16-6-4-14(2)5-7-16/h4-12H,3,13H2,1-2H3/b18-12+. The van der Waals surface area contributed by atoms with Crippen molar-refractivity contribution in [1.82, 2.24) is 4.90 Å². The first kappa shape index (κ1) is 17.3. The molecule has 0 saturated carbocycles. The van der Waals surface area contributed by atoms with Crippen LogP contribution in [0.4, 0.5) is 4.79 Å². The number of likely N-dealkylation sites (N-methyl/N-ethyl adjacent to an activating group) is 1. The third-order valence-corrected chi connectivity index (χ3v) is 4.80. The van der Waals surface area contributed by atoms with E-state index in [1.54, 1.807) is 13.0 Å². The highest BCUT2D eigenvalue weighted by molar-refractivity contribution is 8.18. The number of nitrogens with zero attached hydrogens (tertiary/aromatic N) is 1. The summed E-state index contributed by atoms with van der Waals surface area (Å²) in [6.45, 7) is 4.75.